The molecule has 1 atom stereocenters. The molecule has 1 unspecified atom stereocenters. The number of rotatable bonds is 4. The summed E-state index contributed by atoms with van der Waals surface area (Å²) in [5.74, 6) is 1.44. The van der Waals surface area contributed by atoms with Crippen LogP contribution in [0, 0.1) is 6.42 Å². The molecule has 0 amide bonds. The maximum Gasteiger partial charge on any atom is 0.123 e. The third-order valence-corrected chi connectivity index (χ3v) is 4.26. The van der Waals surface area contributed by atoms with Crippen LogP contribution in [-0.2, 0) is 6.61 Å². The van der Waals surface area contributed by atoms with E-state index in [1.807, 2.05) is 30.3 Å². The highest BCUT2D eigenvalue weighted by Gasteiger charge is 2.20. The maximum absolute atomic E-state index is 6.18. The minimum absolute atomic E-state index is 0.475. The van der Waals surface area contributed by atoms with Crippen molar-refractivity contribution in [2.45, 2.75) is 38.2 Å². The summed E-state index contributed by atoms with van der Waals surface area (Å²) >= 11 is 6.18. The Bertz CT molecular complexity index is 573. The lowest BCUT2D eigenvalue weighted by Gasteiger charge is -2.24. The van der Waals surface area contributed by atoms with Crippen LogP contribution in [0.5, 0.6) is 5.75 Å². The van der Waals surface area contributed by atoms with Crippen LogP contribution in [0.1, 0.15) is 42.7 Å². The summed E-state index contributed by atoms with van der Waals surface area (Å²) in [4.78, 5) is 0. The fraction of sp³-hybridized carbons (Fsp3) is 0.316. The Morgan fingerprint density at radius 1 is 1.05 bits per heavy atom. The van der Waals surface area contributed by atoms with Crippen molar-refractivity contribution in [2.75, 3.05) is 0 Å². The van der Waals surface area contributed by atoms with E-state index in [4.69, 9.17) is 16.3 Å². The van der Waals surface area contributed by atoms with E-state index in [0.29, 0.717) is 12.5 Å². The van der Waals surface area contributed by atoms with Gasteiger partial charge in [-0.25, -0.2) is 0 Å². The Morgan fingerprint density at radius 3 is 2.67 bits per heavy atom. The van der Waals surface area contributed by atoms with Crippen molar-refractivity contribution in [3.05, 3.63) is 71.1 Å². The van der Waals surface area contributed by atoms with Gasteiger partial charge in [0.1, 0.15) is 12.4 Å². The van der Waals surface area contributed by atoms with Crippen LogP contribution in [0.4, 0.5) is 0 Å². The van der Waals surface area contributed by atoms with Gasteiger partial charge in [-0.15, -0.1) is 0 Å². The van der Waals surface area contributed by atoms with Gasteiger partial charge in [-0.3, -0.25) is 0 Å². The zero-order chi connectivity index (χ0) is 14.5. The Labute approximate surface area is 131 Å². The molecule has 0 saturated heterocycles. The summed E-state index contributed by atoms with van der Waals surface area (Å²) in [5.41, 5.74) is 2.42. The normalized spacial score (nSPS) is 15.9. The Kier molecular flexibility index (Phi) is 4.82. The topological polar surface area (TPSA) is 9.23 Å². The molecule has 3 rings (SSSR count). The van der Waals surface area contributed by atoms with Crippen molar-refractivity contribution in [3.8, 4) is 5.75 Å². The summed E-state index contributed by atoms with van der Waals surface area (Å²) < 4.78 is 6.05. The fourth-order valence-electron chi connectivity index (χ4n) is 2.90. The number of ether oxygens (including phenoxy) is 1. The molecule has 2 aromatic rings. The molecule has 0 bridgehead atoms. The average molecular weight is 300 g/mol. The van der Waals surface area contributed by atoms with E-state index < -0.39 is 0 Å². The molecule has 21 heavy (non-hydrogen) atoms. The van der Waals surface area contributed by atoms with Gasteiger partial charge in [-0.2, -0.15) is 0 Å². The molecule has 1 fully saturated rings. The first-order valence-corrected chi connectivity index (χ1v) is 8.00. The van der Waals surface area contributed by atoms with E-state index in [2.05, 4.69) is 24.6 Å². The highest BCUT2D eigenvalue weighted by Crippen LogP contribution is 2.38. The predicted octanol–water partition coefficient (Wildman–Crippen LogP) is 5.78. The molecule has 1 aliphatic carbocycles. The van der Waals surface area contributed by atoms with Crippen molar-refractivity contribution < 1.29 is 4.74 Å². The van der Waals surface area contributed by atoms with Gasteiger partial charge in [-0.1, -0.05) is 54.8 Å². The van der Waals surface area contributed by atoms with Gasteiger partial charge in [0.15, 0.2) is 0 Å². The SMILES string of the molecule is Clc1ccc(OCc2ccccc2)c(C2[CH]CCCC2)c1. The Balaban J connectivity index is 1.77. The van der Waals surface area contributed by atoms with Crippen molar-refractivity contribution >= 4 is 11.6 Å². The smallest absolute Gasteiger partial charge is 0.123 e. The molecular formula is C19H20ClO. The van der Waals surface area contributed by atoms with Crippen molar-refractivity contribution in [3.63, 3.8) is 0 Å². The third kappa shape index (κ3) is 3.79. The molecule has 0 aromatic heterocycles. The van der Waals surface area contributed by atoms with Crippen LogP contribution in [-0.4, -0.2) is 0 Å². The highest BCUT2D eigenvalue weighted by molar-refractivity contribution is 6.30. The monoisotopic (exact) mass is 299 g/mol. The van der Waals surface area contributed by atoms with E-state index in [1.54, 1.807) is 0 Å². The molecule has 109 valence electrons. The zero-order valence-corrected chi connectivity index (χ0v) is 12.9. The van der Waals surface area contributed by atoms with Gasteiger partial charge >= 0.3 is 0 Å². The lowest BCUT2D eigenvalue weighted by atomic mass is 9.84. The van der Waals surface area contributed by atoms with Gasteiger partial charge in [-0.05, 0) is 54.5 Å². The lowest BCUT2D eigenvalue weighted by Crippen LogP contribution is -2.08. The summed E-state index contributed by atoms with van der Waals surface area (Å²) in [6.45, 7) is 0.599. The minimum Gasteiger partial charge on any atom is -0.489 e. The van der Waals surface area contributed by atoms with E-state index >= 15 is 0 Å². The zero-order valence-electron chi connectivity index (χ0n) is 12.1. The van der Waals surface area contributed by atoms with Gasteiger partial charge in [0.2, 0.25) is 0 Å². The molecule has 0 spiro atoms. The first-order valence-electron chi connectivity index (χ1n) is 7.62. The second-order valence-electron chi connectivity index (χ2n) is 5.58. The maximum atomic E-state index is 6.18. The van der Waals surface area contributed by atoms with Gasteiger partial charge in [0.05, 0.1) is 0 Å². The molecule has 2 aromatic carbocycles. The molecule has 1 nitrogen and oxygen atoms in total. The average Bonchev–Trinajstić information content (AvgIpc) is 2.55. The molecular weight excluding hydrogens is 280 g/mol. The van der Waals surface area contributed by atoms with E-state index in [0.717, 1.165) is 10.8 Å². The first kappa shape index (κ1) is 14.5. The fourth-order valence-corrected chi connectivity index (χ4v) is 3.08. The van der Waals surface area contributed by atoms with Gasteiger partial charge < -0.3 is 4.74 Å². The number of halogens is 1. The first-order chi connectivity index (χ1) is 10.3. The molecule has 1 radical (unpaired) electrons. The molecule has 0 N–H and O–H groups in total. The van der Waals surface area contributed by atoms with Crippen molar-refractivity contribution in [1.29, 1.82) is 0 Å². The van der Waals surface area contributed by atoms with Crippen LogP contribution >= 0.6 is 11.6 Å². The van der Waals surface area contributed by atoms with Crippen molar-refractivity contribution in [2.24, 2.45) is 0 Å². The van der Waals surface area contributed by atoms with Crippen LogP contribution < -0.4 is 4.74 Å². The standard InChI is InChI=1S/C19H20ClO/c20-17-11-12-19(21-14-15-7-3-1-4-8-15)18(13-17)16-9-5-2-6-10-16/h1,3-4,7-9,11-13,16H,2,5-6,10,14H2. The van der Waals surface area contributed by atoms with Crippen LogP contribution in [0.25, 0.3) is 0 Å². The second kappa shape index (κ2) is 7.00. The molecule has 0 aliphatic heterocycles. The van der Waals surface area contributed by atoms with Crippen LogP contribution in [0.15, 0.2) is 48.5 Å². The highest BCUT2D eigenvalue weighted by atomic mass is 35.5. The van der Waals surface area contributed by atoms with E-state index in [-0.39, 0.29) is 0 Å². The quantitative estimate of drug-likeness (QED) is 0.695. The minimum atomic E-state index is 0.475. The van der Waals surface area contributed by atoms with E-state index in [9.17, 15) is 0 Å². The largest absolute Gasteiger partial charge is 0.489 e. The molecule has 0 heterocycles. The number of hydrogen-bond donors (Lipinski definition) is 0. The van der Waals surface area contributed by atoms with Gasteiger partial charge in [0, 0.05) is 5.02 Å². The Hall–Kier alpha value is -1.47. The molecule has 1 aliphatic rings. The third-order valence-electron chi connectivity index (χ3n) is 4.03. The van der Waals surface area contributed by atoms with Crippen LogP contribution in [0.2, 0.25) is 5.02 Å². The summed E-state index contributed by atoms with van der Waals surface area (Å²) in [6.07, 6.45) is 7.38. The summed E-state index contributed by atoms with van der Waals surface area (Å²) in [5, 5.41) is 0.788. The van der Waals surface area contributed by atoms with Crippen molar-refractivity contribution in [1.82, 2.24) is 0 Å². The predicted molar refractivity (Wildman–Crippen MR) is 87.7 cm³/mol. The molecule has 2 heteroatoms. The number of benzene rings is 2. The van der Waals surface area contributed by atoms with Gasteiger partial charge in [0.25, 0.3) is 0 Å². The van der Waals surface area contributed by atoms with E-state index in [1.165, 1.54) is 36.8 Å². The summed E-state index contributed by atoms with van der Waals surface area (Å²) in [6, 6.07) is 16.2. The van der Waals surface area contributed by atoms with Crippen LogP contribution in [0.3, 0.4) is 0 Å². The lowest BCUT2D eigenvalue weighted by molar-refractivity contribution is 0.300. The Morgan fingerprint density at radius 2 is 1.90 bits per heavy atom. The summed E-state index contributed by atoms with van der Waals surface area (Å²) in [7, 11) is 0. The molecule has 1 saturated carbocycles. The number of hydrogen-bond acceptors (Lipinski definition) is 1. The second-order valence-corrected chi connectivity index (χ2v) is 6.02.